The summed E-state index contributed by atoms with van der Waals surface area (Å²) >= 11 is 0. The number of benzene rings is 2. The Kier molecular flexibility index (Phi) is 3.84. The number of amides is 1. The van der Waals surface area contributed by atoms with Crippen LogP contribution in [-0.4, -0.2) is 23.2 Å². The zero-order valence-electron chi connectivity index (χ0n) is 10.6. The first-order valence-electron chi connectivity index (χ1n) is 5.88. The van der Waals surface area contributed by atoms with E-state index >= 15 is 0 Å². The molecule has 0 radical (unpaired) electrons. The van der Waals surface area contributed by atoms with Gasteiger partial charge in [0.15, 0.2) is 0 Å². The number of carbonyl (C=O) groups excluding carboxylic acids is 1. The molecule has 0 fully saturated rings. The molecular formula is C14H10F3NO3. The highest BCUT2D eigenvalue weighted by molar-refractivity contribution is 5.97. The van der Waals surface area contributed by atoms with Crippen molar-refractivity contribution in [3.8, 4) is 0 Å². The average molecular weight is 297 g/mol. The van der Waals surface area contributed by atoms with Crippen LogP contribution in [0.3, 0.4) is 0 Å². The number of hydrogen-bond acceptors (Lipinski definition) is 2. The summed E-state index contributed by atoms with van der Waals surface area (Å²) in [5.74, 6) is -3.01. The quantitative estimate of drug-likeness (QED) is 0.915. The van der Waals surface area contributed by atoms with E-state index in [1.165, 1.54) is 18.2 Å². The second kappa shape index (κ2) is 5.43. The fourth-order valence-electron chi connectivity index (χ4n) is 1.86. The van der Waals surface area contributed by atoms with E-state index in [1.54, 1.807) is 23.5 Å². The fraction of sp³-hybridized carbons (Fsp3) is 0.143. The monoisotopic (exact) mass is 297 g/mol. The molecule has 0 bridgehead atoms. The van der Waals surface area contributed by atoms with Crippen molar-refractivity contribution in [1.29, 1.82) is 0 Å². The summed E-state index contributed by atoms with van der Waals surface area (Å²) in [6.45, 7) is 0. The second-order valence-corrected chi connectivity index (χ2v) is 4.42. The minimum atomic E-state index is -4.94. The van der Waals surface area contributed by atoms with Gasteiger partial charge in [-0.1, -0.05) is 24.3 Å². The third kappa shape index (κ3) is 3.71. The molecule has 0 heterocycles. The zero-order chi connectivity index (χ0) is 15.6. The molecule has 2 aromatic carbocycles. The van der Waals surface area contributed by atoms with Gasteiger partial charge in [0.2, 0.25) is 0 Å². The zero-order valence-corrected chi connectivity index (χ0v) is 10.6. The lowest BCUT2D eigenvalue weighted by Crippen LogP contribution is -2.29. The van der Waals surface area contributed by atoms with Gasteiger partial charge in [0, 0.05) is 5.69 Å². The summed E-state index contributed by atoms with van der Waals surface area (Å²) in [5, 5.41) is 11.7. The molecule has 2 aromatic rings. The number of carboxylic acid groups (broad SMARTS) is 1. The molecule has 0 atom stereocenters. The van der Waals surface area contributed by atoms with Gasteiger partial charge in [0.1, 0.15) is 0 Å². The largest absolute Gasteiger partial charge is 0.481 e. The van der Waals surface area contributed by atoms with Crippen molar-refractivity contribution in [2.45, 2.75) is 12.6 Å². The predicted molar refractivity (Wildman–Crippen MR) is 70.0 cm³/mol. The number of fused-ring (bicyclic) bond motifs is 1. The van der Waals surface area contributed by atoms with Crippen molar-refractivity contribution >= 4 is 28.3 Å². The van der Waals surface area contributed by atoms with Crippen molar-refractivity contribution in [1.82, 2.24) is 0 Å². The molecule has 0 aliphatic heterocycles. The lowest BCUT2D eigenvalue weighted by atomic mass is 10.0. The first-order chi connectivity index (χ1) is 9.75. The molecule has 2 N–H and O–H groups in total. The summed E-state index contributed by atoms with van der Waals surface area (Å²) in [7, 11) is 0. The molecule has 0 aliphatic rings. The summed E-state index contributed by atoms with van der Waals surface area (Å²) in [4.78, 5) is 21.5. The van der Waals surface area contributed by atoms with Crippen LogP contribution in [0.5, 0.6) is 0 Å². The Hall–Kier alpha value is -2.57. The number of carbonyl (C=O) groups is 2. The Morgan fingerprint density at radius 2 is 1.67 bits per heavy atom. The van der Waals surface area contributed by atoms with Gasteiger partial charge in [0.05, 0.1) is 6.42 Å². The number of hydrogen-bond donors (Lipinski definition) is 2. The maximum absolute atomic E-state index is 12.2. The number of nitrogens with one attached hydrogen (secondary N) is 1. The smallest absolute Gasteiger partial charge is 0.471 e. The minimum absolute atomic E-state index is 0.0239. The second-order valence-electron chi connectivity index (χ2n) is 4.42. The number of aliphatic carboxylic acids is 1. The molecule has 0 aromatic heterocycles. The Labute approximate surface area is 117 Å². The van der Waals surface area contributed by atoms with Crippen LogP contribution in [-0.2, 0) is 16.0 Å². The normalized spacial score (nSPS) is 11.4. The summed E-state index contributed by atoms with van der Waals surface area (Å²) in [5.41, 5.74) is 0.609. The van der Waals surface area contributed by atoms with Gasteiger partial charge in [-0.05, 0) is 28.5 Å². The molecule has 0 saturated carbocycles. The molecule has 21 heavy (non-hydrogen) atoms. The van der Waals surface area contributed by atoms with Crippen LogP contribution in [0.25, 0.3) is 10.8 Å². The molecule has 0 aliphatic carbocycles. The van der Waals surface area contributed by atoms with Crippen molar-refractivity contribution in [2.24, 2.45) is 0 Å². The van der Waals surface area contributed by atoms with Gasteiger partial charge in [-0.25, -0.2) is 0 Å². The molecular weight excluding hydrogens is 287 g/mol. The van der Waals surface area contributed by atoms with Crippen LogP contribution < -0.4 is 5.32 Å². The highest BCUT2D eigenvalue weighted by atomic mass is 19.4. The van der Waals surface area contributed by atoms with Gasteiger partial charge in [0.25, 0.3) is 0 Å². The van der Waals surface area contributed by atoms with Crippen molar-refractivity contribution in [3.05, 3.63) is 42.0 Å². The van der Waals surface area contributed by atoms with Crippen LogP contribution >= 0.6 is 0 Å². The average Bonchev–Trinajstić information content (AvgIpc) is 2.37. The lowest BCUT2D eigenvalue weighted by Gasteiger charge is -2.09. The van der Waals surface area contributed by atoms with Crippen LogP contribution in [0.1, 0.15) is 5.56 Å². The van der Waals surface area contributed by atoms with Gasteiger partial charge in [-0.15, -0.1) is 0 Å². The molecule has 2 rings (SSSR count). The van der Waals surface area contributed by atoms with E-state index in [0.717, 1.165) is 0 Å². The molecule has 1 amide bonds. The molecule has 0 spiro atoms. The number of alkyl halides is 3. The van der Waals surface area contributed by atoms with E-state index in [4.69, 9.17) is 5.11 Å². The van der Waals surface area contributed by atoms with Crippen molar-refractivity contribution in [2.75, 3.05) is 5.32 Å². The third-order valence-corrected chi connectivity index (χ3v) is 2.78. The first kappa shape index (κ1) is 14.8. The number of carboxylic acids is 1. The highest BCUT2D eigenvalue weighted by Gasteiger charge is 2.38. The number of anilines is 1. The summed E-state index contributed by atoms with van der Waals surface area (Å²) < 4.78 is 36.5. The van der Waals surface area contributed by atoms with Crippen LogP contribution in [0.4, 0.5) is 18.9 Å². The van der Waals surface area contributed by atoms with E-state index in [2.05, 4.69) is 0 Å². The van der Waals surface area contributed by atoms with Crippen LogP contribution in [0.15, 0.2) is 36.4 Å². The molecule has 7 heteroatoms. The van der Waals surface area contributed by atoms with Crippen LogP contribution in [0.2, 0.25) is 0 Å². The number of halogens is 3. The Balaban J connectivity index is 2.27. The van der Waals surface area contributed by atoms with Crippen LogP contribution in [0, 0.1) is 0 Å². The Bertz CT molecular complexity index is 710. The third-order valence-electron chi connectivity index (χ3n) is 2.78. The van der Waals surface area contributed by atoms with Gasteiger partial charge in [-0.2, -0.15) is 13.2 Å². The Morgan fingerprint density at radius 3 is 2.29 bits per heavy atom. The molecule has 0 saturated heterocycles. The maximum atomic E-state index is 12.2. The van der Waals surface area contributed by atoms with Gasteiger partial charge >= 0.3 is 18.1 Å². The molecule has 110 valence electrons. The summed E-state index contributed by atoms with van der Waals surface area (Å²) in [6, 6.07) is 9.05. The number of rotatable bonds is 3. The molecule has 4 nitrogen and oxygen atoms in total. The van der Waals surface area contributed by atoms with Crippen molar-refractivity contribution < 1.29 is 27.9 Å². The molecule has 0 unspecified atom stereocenters. The van der Waals surface area contributed by atoms with E-state index in [-0.39, 0.29) is 12.1 Å². The predicted octanol–water partition coefficient (Wildman–Crippen LogP) is 2.97. The van der Waals surface area contributed by atoms with Gasteiger partial charge < -0.3 is 10.4 Å². The van der Waals surface area contributed by atoms with Crippen molar-refractivity contribution in [3.63, 3.8) is 0 Å². The van der Waals surface area contributed by atoms with E-state index in [0.29, 0.717) is 16.3 Å². The Morgan fingerprint density at radius 1 is 1.05 bits per heavy atom. The standard InChI is InChI=1S/C14H10F3NO3/c15-14(16,17)13(21)18-11-4-3-9-5-8(6-12(19)20)1-2-10(9)7-11/h1-5,7H,6H2,(H,18,21)(H,19,20). The van der Waals surface area contributed by atoms with E-state index < -0.39 is 18.1 Å². The SMILES string of the molecule is O=C(O)Cc1ccc2cc(NC(=O)C(F)(F)F)ccc2c1. The lowest BCUT2D eigenvalue weighted by molar-refractivity contribution is -0.167. The van der Waals surface area contributed by atoms with Gasteiger partial charge in [-0.3, -0.25) is 9.59 Å². The summed E-state index contributed by atoms with van der Waals surface area (Å²) in [6.07, 6.45) is -5.08. The van der Waals surface area contributed by atoms with E-state index in [1.807, 2.05) is 0 Å². The van der Waals surface area contributed by atoms with E-state index in [9.17, 15) is 22.8 Å². The first-order valence-corrected chi connectivity index (χ1v) is 5.88. The fourth-order valence-corrected chi connectivity index (χ4v) is 1.86. The minimum Gasteiger partial charge on any atom is -0.481 e. The highest BCUT2D eigenvalue weighted by Crippen LogP contribution is 2.23. The topological polar surface area (TPSA) is 66.4 Å². The maximum Gasteiger partial charge on any atom is 0.471 e.